The minimum absolute atomic E-state index is 0.141. The molecule has 0 aliphatic rings. The van der Waals surface area contributed by atoms with Crippen LogP contribution in [-0.2, 0) is 5.88 Å². The van der Waals surface area contributed by atoms with Gasteiger partial charge in [-0.1, -0.05) is 17.7 Å². The van der Waals surface area contributed by atoms with Gasteiger partial charge in [0.05, 0.1) is 29.0 Å². The van der Waals surface area contributed by atoms with E-state index in [0.717, 1.165) is 0 Å². The van der Waals surface area contributed by atoms with Crippen molar-refractivity contribution in [2.24, 2.45) is 0 Å². The second-order valence-electron chi connectivity index (χ2n) is 4.42. The summed E-state index contributed by atoms with van der Waals surface area (Å²) in [4.78, 5) is 4.42. The van der Waals surface area contributed by atoms with Gasteiger partial charge in [-0.25, -0.2) is 9.37 Å². The Morgan fingerprint density at radius 3 is 2.76 bits per heavy atom. The van der Waals surface area contributed by atoms with E-state index in [9.17, 15) is 4.39 Å². The molecule has 0 saturated carbocycles. The highest BCUT2D eigenvalue weighted by Crippen LogP contribution is 2.31. The summed E-state index contributed by atoms with van der Waals surface area (Å²) in [5.41, 5.74) is 1.63. The third kappa shape index (κ3) is 2.34. The standard InChI is InChI=1S/C15H11Cl2FN2O/c1-21-9-5-6-12-13(7-9)20(14(8-16)19-12)15-10(17)3-2-4-11(15)18/h2-7H,8H2,1H3. The summed E-state index contributed by atoms with van der Waals surface area (Å²) in [6.07, 6.45) is 0. The van der Waals surface area contributed by atoms with Crippen molar-refractivity contribution in [3.05, 3.63) is 53.1 Å². The van der Waals surface area contributed by atoms with Crippen molar-refractivity contribution in [3.63, 3.8) is 0 Å². The molecule has 0 bridgehead atoms. The molecular weight excluding hydrogens is 314 g/mol. The monoisotopic (exact) mass is 324 g/mol. The molecule has 2 aromatic carbocycles. The molecule has 3 rings (SSSR count). The first kappa shape index (κ1) is 14.2. The predicted octanol–water partition coefficient (Wildman–Crippen LogP) is 4.57. The molecule has 0 saturated heterocycles. The highest BCUT2D eigenvalue weighted by atomic mass is 35.5. The van der Waals surface area contributed by atoms with Crippen molar-refractivity contribution in [1.82, 2.24) is 9.55 Å². The van der Waals surface area contributed by atoms with Gasteiger partial charge in [0.1, 0.15) is 23.1 Å². The molecule has 3 nitrogen and oxygen atoms in total. The van der Waals surface area contributed by atoms with E-state index in [2.05, 4.69) is 4.98 Å². The molecular formula is C15H11Cl2FN2O. The summed E-state index contributed by atoms with van der Waals surface area (Å²) in [6, 6.07) is 9.91. The van der Waals surface area contributed by atoms with E-state index < -0.39 is 5.82 Å². The highest BCUT2D eigenvalue weighted by Gasteiger charge is 2.18. The second-order valence-corrected chi connectivity index (χ2v) is 5.10. The molecule has 1 aromatic heterocycles. The van der Waals surface area contributed by atoms with Crippen LogP contribution in [0.15, 0.2) is 36.4 Å². The highest BCUT2D eigenvalue weighted by molar-refractivity contribution is 6.32. The van der Waals surface area contributed by atoms with Crippen LogP contribution in [0, 0.1) is 5.82 Å². The Morgan fingerprint density at radius 1 is 1.29 bits per heavy atom. The first-order chi connectivity index (χ1) is 10.2. The number of halogens is 3. The van der Waals surface area contributed by atoms with Crippen molar-refractivity contribution in [1.29, 1.82) is 0 Å². The summed E-state index contributed by atoms with van der Waals surface area (Å²) in [7, 11) is 1.57. The van der Waals surface area contributed by atoms with Crippen LogP contribution in [0.1, 0.15) is 5.82 Å². The molecule has 0 amide bonds. The van der Waals surface area contributed by atoms with Gasteiger partial charge in [0.25, 0.3) is 0 Å². The molecule has 21 heavy (non-hydrogen) atoms. The molecule has 0 unspecified atom stereocenters. The van der Waals surface area contributed by atoms with E-state index in [1.54, 1.807) is 42.0 Å². The molecule has 0 fully saturated rings. The summed E-state index contributed by atoms with van der Waals surface area (Å²) in [6.45, 7) is 0. The van der Waals surface area contributed by atoms with E-state index in [1.807, 2.05) is 0 Å². The van der Waals surface area contributed by atoms with E-state index in [0.29, 0.717) is 27.6 Å². The third-order valence-corrected chi connectivity index (χ3v) is 3.76. The Hall–Kier alpha value is -1.78. The van der Waals surface area contributed by atoms with Crippen LogP contribution in [0.3, 0.4) is 0 Å². The molecule has 108 valence electrons. The normalized spacial score (nSPS) is 11.0. The molecule has 6 heteroatoms. The van der Waals surface area contributed by atoms with E-state index in [4.69, 9.17) is 27.9 Å². The molecule has 1 heterocycles. The summed E-state index contributed by atoms with van der Waals surface area (Å²) >= 11 is 12.1. The second kappa shape index (κ2) is 5.54. The number of hydrogen-bond acceptors (Lipinski definition) is 2. The average molecular weight is 325 g/mol. The molecule has 0 aliphatic carbocycles. The van der Waals surface area contributed by atoms with Crippen LogP contribution < -0.4 is 4.74 Å². The summed E-state index contributed by atoms with van der Waals surface area (Å²) < 4.78 is 21.1. The fraction of sp³-hybridized carbons (Fsp3) is 0.133. The number of alkyl halides is 1. The number of hydrogen-bond donors (Lipinski definition) is 0. The Kier molecular flexibility index (Phi) is 3.74. The predicted molar refractivity (Wildman–Crippen MR) is 82.1 cm³/mol. The number of methoxy groups -OCH3 is 1. The number of imidazole rings is 1. The third-order valence-electron chi connectivity index (χ3n) is 3.21. The number of para-hydroxylation sites is 1. The van der Waals surface area contributed by atoms with Crippen LogP contribution in [0.2, 0.25) is 5.02 Å². The van der Waals surface area contributed by atoms with Gasteiger partial charge in [-0.3, -0.25) is 4.57 Å². The lowest BCUT2D eigenvalue weighted by Gasteiger charge is -2.11. The molecule has 0 aliphatic heterocycles. The SMILES string of the molecule is COc1ccc2nc(CCl)n(-c3c(F)cccc3Cl)c2c1. The van der Waals surface area contributed by atoms with Crippen LogP contribution in [0.5, 0.6) is 5.75 Å². The fourth-order valence-corrected chi connectivity index (χ4v) is 2.70. The maximum absolute atomic E-state index is 14.2. The van der Waals surface area contributed by atoms with Crippen LogP contribution in [0.25, 0.3) is 16.7 Å². The van der Waals surface area contributed by atoms with E-state index in [-0.39, 0.29) is 11.6 Å². The van der Waals surface area contributed by atoms with Crippen LogP contribution >= 0.6 is 23.2 Å². The van der Waals surface area contributed by atoms with Crippen molar-refractivity contribution in [2.75, 3.05) is 7.11 Å². The number of fused-ring (bicyclic) bond motifs is 1. The largest absolute Gasteiger partial charge is 0.497 e. The smallest absolute Gasteiger partial charge is 0.148 e. The van der Waals surface area contributed by atoms with Crippen molar-refractivity contribution >= 4 is 34.2 Å². The van der Waals surface area contributed by atoms with Gasteiger partial charge in [-0.2, -0.15) is 0 Å². The molecule has 0 N–H and O–H groups in total. The molecule has 0 radical (unpaired) electrons. The van der Waals surface area contributed by atoms with Crippen molar-refractivity contribution < 1.29 is 9.13 Å². The topological polar surface area (TPSA) is 27.1 Å². The lowest BCUT2D eigenvalue weighted by molar-refractivity contribution is 0.415. The van der Waals surface area contributed by atoms with Gasteiger partial charge in [0.2, 0.25) is 0 Å². The van der Waals surface area contributed by atoms with Gasteiger partial charge in [0, 0.05) is 6.07 Å². The number of rotatable bonds is 3. The minimum atomic E-state index is -0.434. The summed E-state index contributed by atoms with van der Waals surface area (Å²) in [5.74, 6) is 0.877. The van der Waals surface area contributed by atoms with Gasteiger partial charge in [-0.15, -0.1) is 11.6 Å². The lowest BCUT2D eigenvalue weighted by Crippen LogP contribution is -2.03. The number of ether oxygens (including phenoxy) is 1. The first-order valence-corrected chi connectivity index (χ1v) is 7.12. The zero-order valence-corrected chi connectivity index (χ0v) is 12.6. The number of nitrogens with zero attached hydrogens (tertiary/aromatic N) is 2. The van der Waals surface area contributed by atoms with Crippen molar-refractivity contribution in [3.8, 4) is 11.4 Å². The van der Waals surface area contributed by atoms with Crippen LogP contribution in [0.4, 0.5) is 4.39 Å². The molecule has 3 aromatic rings. The average Bonchev–Trinajstić information content (AvgIpc) is 2.85. The van der Waals surface area contributed by atoms with Gasteiger partial charge < -0.3 is 4.74 Å². The Labute approximate surface area is 130 Å². The quantitative estimate of drug-likeness (QED) is 0.660. The minimum Gasteiger partial charge on any atom is -0.497 e. The summed E-state index contributed by atoms with van der Waals surface area (Å²) in [5, 5.41) is 0.295. The van der Waals surface area contributed by atoms with Gasteiger partial charge in [0.15, 0.2) is 0 Å². The van der Waals surface area contributed by atoms with Gasteiger partial charge in [-0.05, 0) is 24.3 Å². The number of aromatic nitrogens is 2. The number of benzene rings is 2. The van der Waals surface area contributed by atoms with Crippen LogP contribution in [-0.4, -0.2) is 16.7 Å². The maximum atomic E-state index is 14.2. The van der Waals surface area contributed by atoms with E-state index >= 15 is 0 Å². The zero-order chi connectivity index (χ0) is 15.0. The Bertz CT molecular complexity index is 797. The maximum Gasteiger partial charge on any atom is 0.148 e. The molecule has 0 spiro atoms. The lowest BCUT2D eigenvalue weighted by atomic mass is 10.2. The molecule has 0 atom stereocenters. The Balaban J connectivity index is 2.39. The van der Waals surface area contributed by atoms with Crippen molar-refractivity contribution in [2.45, 2.75) is 5.88 Å². The zero-order valence-electron chi connectivity index (χ0n) is 11.1. The fourth-order valence-electron chi connectivity index (χ4n) is 2.27. The van der Waals surface area contributed by atoms with E-state index in [1.165, 1.54) is 6.07 Å². The Morgan fingerprint density at radius 2 is 2.10 bits per heavy atom. The van der Waals surface area contributed by atoms with Gasteiger partial charge >= 0.3 is 0 Å². The first-order valence-electron chi connectivity index (χ1n) is 6.21.